The summed E-state index contributed by atoms with van der Waals surface area (Å²) in [6.07, 6.45) is 4.50. The van der Waals surface area contributed by atoms with E-state index in [2.05, 4.69) is 32.0 Å². The highest BCUT2D eigenvalue weighted by atomic mass is 15.2. The molecule has 2 aromatic rings. The van der Waals surface area contributed by atoms with Crippen LogP contribution in [0.3, 0.4) is 0 Å². The summed E-state index contributed by atoms with van der Waals surface area (Å²) < 4.78 is 0. The van der Waals surface area contributed by atoms with Crippen LogP contribution in [0.2, 0.25) is 0 Å². The van der Waals surface area contributed by atoms with Gasteiger partial charge in [0.25, 0.3) is 0 Å². The zero-order valence-corrected chi connectivity index (χ0v) is 9.80. The van der Waals surface area contributed by atoms with Crippen LogP contribution in [0.4, 0.5) is 5.82 Å². The zero-order valence-electron chi connectivity index (χ0n) is 9.80. The molecule has 0 amide bonds. The van der Waals surface area contributed by atoms with Crippen molar-refractivity contribution >= 4 is 5.82 Å². The van der Waals surface area contributed by atoms with Crippen molar-refractivity contribution in [1.82, 2.24) is 15.0 Å². The normalized spacial score (nSPS) is 14.5. The lowest BCUT2D eigenvalue weighted by molar-refractivity contribution is 0.695. The van der Waals surface area contributed by atoms with E-state index in [0.717, 1.165) is 31.0 Å². The molecule has 1 aliphatic heterocycles. The first-order valence-electron chi connectivity index (χ1n) is 5.79. The molecule has 17 heavy (non-hydrogen) atoms. The maximum Gasteiger partial charge on any atom is 0.129 e. The Bertz CT molecular complexity index is 538. The Hall–Kier alpha value is -1.97. The van der Waals surface area contributed by atoms with Gasteiger partial charge in [-0.25, -0.2) is 15.0 Å². The monoisotopic (exact) mass is 226 g/mol. The standard InChI is InChI=1S/C13H14N4/c1-10-3-2-4-13(16-10)17-6-5-12-11(8-17)7-14-9-15-12/h2-4,7,9H,5-6,8H2,1H3. The van der Waals surface area contributed by atoms with Gasteiger partial charge in [0.05, 0.1) is 5.69 Å². The minimum Gasteiger partial charge on any atom is -0.352 e. The Labute approximate surface area is 100 Å². The van der Waals surface area contributed by atoms with Crippen molar-refractivity contribution in [1.29, 1.82) is 0 Å². The smallest absolute Gasteiger partial charge is 0.129 e. The van der Waals surface area contributed by atoms with Crippen LogP contribution >= 0.6 is 0 Å². The number of hydrogen-bond acceptors (Lipinski definition) is 4. The van der Waals surface area contributed by atoms with Gasteiger partial charge in [-0.05, 0) is 19.1 Å². The van der Waals surface area contributed by atoms with Crippen molar-refractivity contribution in [2.45, 2.75) is 19.9 Å². The van der Waals surface area contributed by atoms with Gasteiger partial charge in [0, 0.05) is 37.0 Å². The van der Waals surface area contributed by atoms with Crippen LogP contribution in [-0.2, 0) is 13.0 Å². The Morgan fingerprint density at radius 2 is 2.24 bits per heavy atom. The first-order valence-corrected chi connectivity index (χ1v) is 5.79. The fourth-order valence-corrected chi connectivity index (χ4v) is 2.17. The summed E-state index contributed by atoms with van der Waals surface area (Å²) in [5, 5.41) is 0. The Kier molecular flexibility index (Phi) is 2.48. The summed E-state index contributed by atoms with van der Waals surface area (Å²) in [7, 11) is 0. The van der Waals surface area contributed by atoms with E-state index in [-0.39, 0.29) is 0 Å². The van der Waals surface area contributed by atoms with Gasteiger partial charge in [-0.1, -0.05) is 6.07 Å². The molecule has 0 spiro atoms. The summed E-state index contributed by atoms with van der Waals surface area (Å²) in [6.45, 7) is 3.84. The maximum atomic E-state index is 4.55. The summed E-state index contributed by atoms with van der Waals surface area (Å²) in [5.74, 6) is 1.04. The van der Waals surface area contributed by atoms with Crippen molar-refractivity contribution in [3.05, 3.63) is 47.7 Å². The van der Waals surface area contributed by atoms with Crippen LogP contribution < -0.4 is 4.90 Å². The van der Waals surface area contributed by atoms with Gasteiger partial charge in [0.15, 0.2) is 0 Å². The van der Waals surface area contributed by atoms with E-state index >= 15 is 0 Å². The van der Waals surface area contributed by atoms with Gasteiger partial charge in [-0.3, -0.25) is 0 Å². The number of rotatable bonds is 1. The number of nitrogens with zero attached hydrogens (tertiary/aromatic N) is 4. The molecule has 4 heteroatoms. The van der Waals surface area contributed by atoms with Crippen molar-refractivity contribution < 1.29 is 0 Å². The quantitative estimate of drug-likeness (QED) is 0.742. The van der Waals surface area contributed by atoms with E-state index in [1.165, 1.54) is 11.3 Å². The third-order valence-corrected chi connectivity index (χ3v) is 3.06. The second-order valence-electron chi connectivity index (χ2n) is 4.30. The van der Waals surface area contributed by atoms with Crippen LogP contribution in [0.1, 0.15) is 17.0 Å². The third-order valence-electron chi connectivity index (χ3n) is 3.06. The van der Waals surface area contributed by atoms with Crippen LogP contribution in [0.25, 0.3) is 0 Å². The van der Waals surface area contributed by atoms with E-state index in [4.69, 9.17) is 0 Å². The Morgan fingerprint density at radius 3 is 3.12 bits per heavy atom. The maximum absolute atomic E-state index is 4.55. The second kappa shape index (κ2) is 4.13. The summed E-state index contributed by atoms with van der Waals surface area (Å²) in [6, 6.07) is 6.13. The summed E-state index contributed by atoms with van der Waals surface area (Å²) in [4.78, 5) is 15.2. The molecule has 0 fully saturated rings. The number of anilines is 1. The van der Waals surface area contributed by atoms with Gasteiger partial charge < -0.3 is 4.90 Å². The number of aryl methyl sites for hydroxylation is 1. The van der Waals surface area contributed by atoms with E-state index in [1.807, 2.05) is 19.2 Å². The van der Waals surface area contributed by atoms with E-state index in [9.17, 15) is 0 Å². The summed E-state index contributed by atoms with van der Waals surface area (Å²) >= 11 is 0. The molecule has 0 saturated heterocycles. The van der Waals surface area contributed by atoms with Gasteiger partial charge in [-0.2, -0.15) is 0 Å². The van der Waals surface area contributed by atoms with Gasteiger partial charge in [0.2, 0.25) is 0 Å². The molecule has 86 valence electrons. The lowest BCUT2D eigenvalue weighted by Gasteiger charge is -2.28. The first kappa shape index (κ1) is 10.2. The fourth-order valence-electron chi connectivity index (χ4n) is 2.17. The predicted octanol–water partition coefficient (Wildman–Crippen LogP) is 1.74. The highest BCUT2D eigenvalue weighted by molar-refractivity contribution is 5.42. The first-order chi connectivity index (χ1) is 8.33. The Morgan fingerprint density at radius 1 is 1.29 bits per heavy atom. The number of hydrogen-bond donors (Lipinski definition) is 0. The molecule has 4 nitrogen and oxygen atoms in total. The molecular weight excluding hydrogens is 212 g/mol. The molecule has 1 aliphatic rings. The molecular formula is C13H14N4. The third kappa shape index (κ3) is 1.98. The summed E-state index contributed by atoms with van der Waals surface area (Å²) in [5.41, 5.74) is 3.43. The lowest BCUT2D eigenvalue weighted by atomic mass is 10.1. The molecule has 0 bridgehead atoms. The van der Waals surface area contributed by atoms with Crippen molar-refractivity contribution in [3.8, 4) is 0 Å². The van der Waals surface area contributed by atoms with Crippen LogP contribution in [-0.4, -0.2) is 21.5 Å². The highest BCUT2D eigenvalue weighted by Gasteiger charge is 2.18. The van der Waals surface area contributed by atoms with Crippen LogP contribution in [0.15, 0.2) is 30.7 Å². The molecule has 0 aliphatic carbocycles. The van der Waals surface area contributed by atoms with Crippen LogP contribution in [0, 0.1) is 6.92 Å². The molecule has 0 unspecified atom stereocenters. The van der Waals surface area contributed by atoms with E-state index in [1.54, 1.807) is 6.33 Å². The number of fused-ring (bicyclic) bond motifs is 1. The molecule has 2 aromatic heterocycles. The van der Waals surface area contributed by atoms with E-state index in [0.29, 0.717) is 0 Å². The number of aromatic nitrogens is 3. The molecule has 0 saturated carbocycles. The minimum atomic E-state index is 0.854. The van der Waals surface area contributed by atoms with E-state index < -0.39 is 0 Å². The Balaban J connectivity index is 1.89. The molecule has 0 radical (unpaired) electrons. The number of pyridine rings is 1. The molecule has 0 aromatic carbocycles. The lowest BCUT2D eigenvalue weighted by Crippen LogP contribution is -2.31. The fraction of sp³-hybridized carbons (Fsp3) is 0.308. The zero-order chi connectivity index (χ0) is 11.7. The molecule has 3 rings (SSSR count). The van der Waals surface area contributed by atoms with Crippen molar-refractivity contribution in [3.63, 3.8) is 0 Å². The second-order valence-corrected chi connectivity index (χ2v) is 4.30. The van der Waals surface area contributed by atoms with Gasteiger partial charge in [-0.15, -0.1) is 0 Å². The van der Waals surface area contributed by atoms with Gasteiger partial charge in [0.1, 0.15) is 12.1 Å². The SMILES string of the molecule is Cc1cccc(N2CCc3ncncc3C2)n1. The molecule has 0 atom stereocenters. The average molecular weight is 226 g/mol. The minimum absolute atomic E-state index is 0.854. The molecule has 3 heterocycles. The highest BCUT2D eigenvalue weighted by Crippen LogP contribution is 2.20. The molecule has 0 N–H and O–H groups in total. The predicted molar refractivity (Wildman–Crippen MR) is 65.8 cm³/mol. The van der Waals surface area contributed by atoms with Gasteiger partial charge >= 0.3 is 0 Å². The van der Waals surface area contributed by atoms with Crippen molar-refractivity contribution in [2.75, 3.05) is 11.4 Å². The average Bonchev–Trinajstić information content (AvgIpc) is 2.38. The topological polar surface area (TPSA) is 41.9 Å². The van der Waals surface area contributed by atoms with Crippen LogP contribution in [0.5, 0.6) is 0 Å². The largest absolute Gasteiger partial charge is 0.352 e. The van der Waals surface area contributed by atoms with Crippen molar-refractivity contribution in [2.24, 2.45) is 0 Å².